The van der Waals surface area contributed by atoms with Crippen LogP contribution < -0.4 is 4.74 Å². The van der Waals surface area contributed by atoms with Gasteiger partial charge in [-0.3, -0.25) is 9.59 Å². The zero-order valence-corrected chi connectivity index (χ0v) is 18.2. The minimum absolute atomic E-state index is 0.0124. The van der Waals surface area contributed by atoms with Crippen molar-refractivity contribution in [1.82, 2.24) is 4.90 Å². The summed E-state index contributed by atoms with van der Waals surface area (Å²) in [7, 11) is 1.62. The van der Waals surface area contributed by atoms with E-state index in [1.54, 1.807) is 31.1 Å². The Morgan fingerprint density at radius 2 is 1.87 bits per heavy atom. The number of benzene rings is 2. The maximum atomic E-state index is 13.3. The second-order valence-corrected chi connectivity index (χ2v) is 8.03. The highest BCUT2D eigenvalue weighted by Gasteiger charge is 2.44. The third kappa shape index (κ3) is 5.63. The van der Waals surface area contributed by atoms with E-state index in [1.165, 1.54) is 12.1 Å². The molecule has 1 fully saturated rings. The van der Waals surface area contributed by atoms with Crippen molar-refractivity contribution in [2.45, 2.75) is 39.0 Å². The molecule has 0 spiro atoms. The maximum absolute atomic E-state index is 13.3. The molecule has 2 aromatic rings. The summed E-state index contributed by atoms with van der Waals surface area (Å²) in [6.45, 7) is 3.00. The number of esters is 1. The third-order valence-corrected chi connectivity index (χ3v) is 5.89. The topological polar surface area (TPSA) is 55.8 Å². The Morgan fingerprint density at radius 1 is 1.13 bits per heavy atom. The lowest BCUT2D eigenvalue weighted by Gasteiger charge is -2.41. The molecule has 1 aliphatic heterocycles. The van der Waals surface area contributed by atoms with Gasteiger partial charge in [0.15, 0.2) is 0 Å². The van der Waals surface area contributed by atoms with Gasteiger partial charge in [-0.05, 0) is 61.9 Å². The lowest BCUT2D eigenvalue weighted by atomic mass is 9.75. The number of piperidine rings is 1. The van der Waals surface area contributed by atoms with Crippen molar-refractivity contribution in [3.05, 3.63) is 65.5 Å². The number of hydrogen-bond donors (Lipinski definition) is 0. The zero-order valence-electron chi connectivity index (χ0n) is 18.2. The zero-order chi connectivity index (χ0) is 22.3. The number of amides is 1. The molecule has 1 saturated heterocycles. The monoisotopic (exact) mass is 427 g/mol. The fourth-order valence-electron chi connectivity index (χ4n) is 4.31. The van der Waals surface area contributed by atoms with E-state index in [-0.39, 0.29) is 24.3 Å². The van der Waals surface area contributed by atoms with Gasteiger partial charge in [0.1, 0.15) is 11.6 Å². The molecule has 0 aromatic heterocycles. The number of carbonyl (C=O) groups is 2. The molecule has 2 aromatic carbocycles. The Bertz CT molecular complexity index is 899. The van der Waals surface area contributed by atoms with Crippen LogP contribution in [0.2, 0.25) is 0 Å². The van der Waals surface area contributed by atoms with E-state index in [2.05, 4.69) is 0 Å². The van der Waals surface area contributed by atoms with Gasteiger partial charge < -0.3 is 14.4 Å². The van der Waals surface area contributed by atoms with Gasteiger partial charge in [-0.1, -0.05) is 30.3 Å². The first-order valence-corrected chi connectivity index (χ1v) is 10.8. The Balaban J connectivity index is 1.73. The van der Waals surface area contributed by atoms with Crippen molar-refractivity contribution in [2.24, 2.45) is 5.41 Å². The average molecular weight is 428 g/mol. The number of aryl methyl sites for hydroxylation is 1. The standard InChI is InChI=1S/C25H30FNO4/c1-3-31-24(29)25(17-19-9-12-21(26)13-10-19)15-6-16-27(18-25)23(28)14-11-20-7-4-5-8-22(20)30-2/h4-5,7-10,12-13H,3,6,11,14-18H2,1-2H3/t25-/m1/s1. The smallest absolute Gasteiger partial charge is 0.314 e. The molecule has 1 heterocycles. The molecule has 1 aliphatic rings. The van der Waals surface area contributed by atoms with Crippen molar-refractivity contribution in [2.75, 3.05) is 26.8 Å². The quantitative estimate of drug-likeness (QED) is 0.593. The number of ether oxygens (including phenoxy) is 2. The summed E-state index contributed by atoms with van der Waals surface area (Å²) in [5, 5.41) is 0. The predicted octanol–water partition coefficient (Wildman–Crippen LogP) is 4.18. The van der Waals surface area contributed by atoms with Crippen molar-refractivity contribution < 1.29 is 23.5 Å². The van der Waals surface area contributed by atoms with Crippen LogP contribution in [-0.2, 0) is 27.2 Å². The van der Waals surface area contributed by atoms with Crippen LogP contribution in [0.1, 0.15) is 37.3 Å². The van der Waals surface area contributed by atoms with Gasteiger partial charge in [-0.15, -0.1) is 0 Å². The van der Waals surface area contributed by atoms with Gasteiger partial charge in [-0.2, -0.15) is 0 Å². The molecule has 31 heavy (non-hydrogen) atoms. The van der Waals surface area contributed by atoms with Crippen LogP contribution in [-0.4, -0.2) is 43.6 Å². The van der Waals surface area contributed by atoms with E-state index >= 15 is 0 Å². The molecule has 166 valence electrons. The molecule has 0 radical (unpaired) electrons. The molecule has 3 rings (SSSR count). The molecule has 0 unspecified atom stereocenters. The highest BCUT2D eigenvalue weighted by molar-refractivity contribution is 5.81. The first-order chi connectivity index (χ1) is 15.0. The summed E-state index contributed by atoms with van der Waals surface area (Å²) in [5.74, 6) is 0.178. The van der Waals surface area contributed by atoms with Gasteiger partial charge in [0.05, 0.1) is 19.1 Å². The molecule has 1 atom stereocenters. The van der Waals surface area contributed by atoms with E-state index in [0.717, 1.165) is 23.3 Å². The van der Waals surface area contributed by atoms with Gasteiger partial charge in [0, 0.05) is 19.5 Å². The number of likely N-dealkylation sites (tertiary alicyclic amines) is 1. The molecule has 5 nitrogen and oxygen atoms in total. The molecular weight excluding hydrogens is 397 g/mol. The van der Waals surface area contributed by atoms with Crippen molar-refractivity contribution in [3.63, 3.8) is 0 Å². The summed E-state index contributed by atoms with van der Waals surface area (Å²) in [6.07, 6.45) is 2.70. The van der Waals surface area contributed by atoms with E-state index in [1.807, 2.05) is 24.3 Å². The lowest BCUT2D eigenvalue weighted by Crippen LogP contribution is -2.51. The molecule has 0 N–H and O–H groups in total. The van der Waals surface area contributed by atoms with Crippen molar-refractivity contribution in [3.8, 4) is 5.75 Å². The van der Waals surface area contributed by atoms with Crippen LogP contribution in [0.5, 0.6) is 5.75 Å². The van der Waals surface area contributed by atoms with Gasteiger partial charge in [0.2, 0.25) is 5.91 Å². The van der Waals surface area contributed by atoms with E-state index in [9.17, 15) is 14.0 Å². The molecular formula is C25H30FNO4. The Morgan fingerprint density at radius 3 is 2.58 bits per heavy atom. The van der Waals surface area contributed by atoms with Gasteiger partial charge in [-0.25, -0.2) is 4.39 Å². The maximum Gasteiger partial charge on any atom is 0.314 e. The summed E-state index contributed by atoms with van der Waals surface area (Å²) < 4.78 is 24.1. The Labute approximate surface area is 183 Å². The van der Waals surface area contributed by atoms with Crippen LogP contribution in [0.3, 0.4) is 0 Å². The molecule has 0 saturated carbocycles. The number of para-hydroxylation sites is 1. The van der Waals surface area contributed by atoms with Crippen LogP contribution in [0.15, 0.2) is 48.5 Å². The number of methoxy groups -OCH3 is 1. The van der Waals surface area contributed by atoms with Crippen LogP contribution in [0.4, 0.5) is 4.39 Å². The normalized spacial score (nSPS) is 18.5. The summed E-state index contributed by atoms with van der Waals surface area (Å²) >= 11 is 0. The average Bonchev–Trinajstić information content (AvgIpc) is 2.79. The fraction of sp³-hybridized carbons (Fsp3) is 0.440. The van der Waals surface area contributed by atoms with Crippen LogP contribution >= 0.6 is 0 Å². The highest BCUT2D eigenvalue weighted by atomic mass is 19.1. The summed E-state index contributed by atoms with van der Waals surface area (Å²) in [6, 6.07) is 13.8. The first kappa shape index (κ1) is 22.8. The van der Waals surface area contributed by atoms with Crippen molar-refractivity contribution in [1.29, 1.82) is 0 Å². The predicted molar refractivity (Wildman–Crippen MR) is 116 cm³/mol. The number of carbonyl (C=O) groups excluding carboxylic acids is 2. The molecule has 6 heteroatoms. The minimum atomic E-state index is -0.813. The van der Waals surface area contributed by atoms with Gasteiger partial charge in [0.25, 0.3) is 0 Å². The van der Waals surface area contributed by atoms with Crippen LogP contribution in [0, 0.1) is 11.2 Å². The molecule has 0 aliphatic carbocycles. The second-order valence-electron chi connectivity index (χ2n) is 8.03. The largest absolute Gasteiger partial charge is 0.496 e. The Hall–Kier alpha value is -2.89. The summed E-state index contributed by atoms with van der Waals surface area (Å²) in [5.41, 5.74) is 1.03. The number of rotatable bonds is 8. The van der Waals surface area contributed by atoms with Crippen molar-refractivity contribution >= 4 is 11.9 Å². The minimum Gasteiger partial charge on any atom is -0.496 e. The molecule has 1 amide bonds. The highest BCUT2D eigenvalue weighted by Crippen LogP contribution is 2.36. The Kier molecular flexibility index (Phi) is 7.66. The van der Waals surface area contributed by atoms with E-state index in [0.29, 0.717) is 38.8 Å². The number of nitrogens with zero attached hydrogens (tertiary/aromatic N) is 1. The lowest BCUT2D eigenvalue weighted by molar-refractivity contribution is -0.160. The van der Waals surface area contributed by atoms with E-state index < -0.39 is 5.41 Å². The first-order valence-electron chi connectivity index (χ1n) is 10.8. The van der Waals surface area contributed by atoms with Crippen LogP contribution in [0.25, 0.3) is 0 Å². The number of hydrogen-bond acceptors (Lipinski definition) is 4. The fourth-order valence-corrected chi connectivity index (χ4v) is 4.31. The second kappa shape index (κ2) is 10.4. The summed E-state index contributed by atoms with van der Waals surface area (Å²) in [4.78, 5) is 27.8. The third-order valence-electron chi connectivity index (χ3n) is 5.89. The van der Waals surface area contributed by atoms with Gasteiger partial charge >= 0.3 is 5.97 Å². The van der Waals surface area contributed by atoms with E-state index in [4.69, 9.17) is 9.47 Å². The number of halogens is 1. The molecule has 0 bridgehead atoms. The SMILES string of the molecule is CCOC(=O)[C@@]1(Cc2ccc(F)cc2)CCCN(C(=O)CCc2ccccc2OC)C1.